The lowest BCUT2D eigenvalue weighted by molar-refractivity contribution is -0.129. The lowest BCUT2D eigenvalue weighted by Crippen LogP contribution is -2.38. The molecule has 0 radical (unpaired) electrons. The average molecular weight is 346 g/mol. The first kappa shape index (κ1) is 14.3. The molecule has 0 unspecified atom stereocenters. The van der Waals surface area contributed by atoms with E-state index in [0.717, 1.165) is 30.4 Å². The SMILES string of the molecule is O=C(NCC(=O)N1CCCC1)c1cc(Br)ccc1Cl. The maximum Gasteiger partial charge on any atom is 0.253 e. The van der Waals surface area contributed by atoms with Gasteiger partial charge in [-0.1, -0.05) is 27.5 Å². The van der Waals surface area contributed by atoms with Crippen LogP contribution in [0, 0.1) is 0 Å². The molecule has 1 N–H and O–H groups in total. The first-order valence-electron chi connectivity index (χ1n) is 6.09. The molecule has 19 heavy (non-hydrogen) atoms. The Balaban J connectivity index is 1.93. The largest absolute Gasteiger partial charge is 0.343 e. The van der Waals surface area contributed by atoms with Gasteiger partial charge in [0.1, 0.15) is 0 Å². The normalized spacial score (nSPS) is 14.5. The Morgan fingerprint density at radius 3 is 2.68 bits per heavy atom. The lowest BCUT2D eigenvalue weighted by Gasteiger charge is -2.15. The van der Waals surface area contributed by atoms with Crippen LogP contribution in [0.1, 0.15) is 23.2 Å². The van der Waals surface area contributed by atoms with E-state index >= 15 is 0 Å². The van der Waals surface area contributed by atoms with Gasteiger partial charge in [0, 0.05) is 17.6 Å². The van der Waals surface area contributed by atoms with Gasteiger partial charge >= 0.3 is 0 Å². The fourth-order valence-corrected chi connectivity index (χ4v) is 2.57. The monoisotopic (exact) mass is 344 g/mol. The van der Waals surface area contributed by atoms with Crippen LogP contribution in [0.2, 0.25) is 5.02 Å². The molecular weight excluding hydrogens is 332 g/mol. The van der Waals surface area contributed by atoms with Crippen molar-refractivity contribution in [2.75, 3.05) is 19.6 Å². The van der Waals surface area contributed by atoms with Gasteiger partial charge in [0.25, 0.3) is 5.91 Å². The van der Waals surface area contributed by atoms with Gasteiger partial charge in [-0.2, -0.15) is 0 Å². The van der Waals surface area contributed by atoms with E-state index in [2.05, 4.69) is 21.2 Å². The highest BCUT2D eigenvalue weighted by molar-refractivity contribution is 9.10. The average Bonchev–Trinajstić information content (AvgIpc) is 2.92. The van der Waals surface area contributed by atoms with Gasteiger partial charge in [0.05, 0.1) is 17.1 Å². The number of carbonyl (C=O) groups is 2. The Bertz CT molecular complexity index is 501. The van der Waals surface area contributed by atoms with E-state index in [1.165, 1.54) is 0 Å². The van der Waals surface area contributed by atoms with Crippen molar-refractivity contribution < 1.29 is 9.59 Å². The number of nitrogens with zero attached hydrogens (tertiary/aromatic N) is 1. The van der Waals surface area contributed by atoms with Gasteiger partial charge in [-0.05, 0) is 31.0 Å². The summed E-state index contributed by atoms with van der Waals surface area (Å²) in [6.45, 7) is 1.58. The molecule has 0 atom stereocenters. The van der Waals surface area contributed by atoms with Gasteiger partial charge in [-0.15, -0.1) is 0 Å². The Labute approximate surface area is 125 Å². The number of benzene rings is 1. The van der Waals surface area contributed by atoms with Crippen molar-refractivity contribution in [3.05, 3.63) is 33.3 Å². The highest BCUT2D eigenvalue weighted by Crippen LogP contribution is 2.20. The molecule has 1 saturated heterocycles. The molecule has 1 aromatic carbocycles. The summed E-state index contributed by atoms with van der Waals surface area (Å²) < 4.78 is 0.771. The van der Waals surface area contributed by atoms with Gasteiger partial charge in [0.15, 0.2) is 0 Å². The highest BCUT2D eigenvalue weighted by Gasteiger charge is 2.19. The van der Waals surface area contributed by atoms with Gasteiger partial charge in [0.2, 0.25) is 5.91 Å². The molecule has 0 aromatic heterocycles. The Morgan fingerprint density at radius 2 is 2.00 bits per heavy atom. The number of hydrogen-bond acceptors (Lipinski definition) is 2. The smallest absolute Gasteiger partial charge is 0.253 e. The molecule has 4 nitrogen and oxygen atoms in total. The summed E-state index contributed by atoms with van der Waals surface area (Å²) in [7, 11) is 0. The second-order valence-corrected chi connectivity index (χ2v) is 5.72. The Morgan fingerprint density at radius 1 is 1.32 bits per heavy atom. The first-order valence-corrected chi connectivity index (χ1v) is 7.26. The van der Waals surface area contributed by atoms with Crippen molar-refractivity contribution in [3.63, 3.8) is 0 Å². The van der Waals surface area contributed by atoms with Crippen LogP contribution < -0.4 is 5.32 Å². The van der Waals surface area contributed by atoms with Crippen LogP contribution >= 0.6 is 27.5 Å². The molecule has 1 fully saturated rings. The quantitative estimate of drug-likeness (QED) is 0.915. The lowest BCUT2D eigenvalue weighted by atomic mass is 10.2. The summed E-state index contributed by atoms with van der Waals surface area (Å²) in [4.78, 5) is 25.5. The minimum absolute atomic E-state index is 0.0156. The van der Waals surface area contributed by atoms with Gasteiger partial charge in [-0.25, -0.2) is 0 Å². The topological polar surface area (TPSA) is 49.4 Å². The molecule has 1 aliphatic rings. The zero-order chi connectivity index (χ0) is 13.8. The summed E-state index contributed by atoms with van der Waals surface area (Å²) in [5.74, 6) is -0.379. The summed E-state index contributed by atoms with van der Waals surface area (Å²) >= 11 is 9.24. The standard InChI is InChI=1S/C13H14BrClN2O2/c14-9-3-4-11(15)10(7-9)13(19)16-8-12(18)17-5-1-2-6-17/h3-4,7H,1-2,5-6,8H2,(H,16,19). The van der Waals surface area contributed by atoms with E-state index in [1.807, 2.05) is 0 Å². The fourth-order valence-electron chi connectivity index (χ4n) is 2.00. The van der Waals surface area contributed by atoms with Crippen LogP contribution in [0.25, 0.3) is 0 Å². The van der Waals surface area contributed by atoms with E-state index in [0.29, 0.717) is 10.6 Å². The third-order valence-electron chi connectivity index (χ3n) is 3.03. The van der Waals surface area contributed by atoms with Crippen LogP contribution in [0.4, 0.5) is 0 Å². The van der Waals surface area contributed by atoms with Gasteiger partial charge in [-0.3, -0.25) is 9.59 Å². The van der Waals surface area contributed by atoms with Crippen molar-refractivity contribution >= 4 is 39.3 Å². The minimum atomic E-state index is -0.334. The second kappa shape index (κ2) is 6.39. The molecule has 1 aliphatic heterocycles. The molecule has 6 heteroatoms. The maximum absolute atomic E-state index is 11.9. The third-order valence-corrected chi connectivity index (χ3v) is 3.85. The maximum atomic E-state index is 11.9. The van der Waals surface area contributed by atoms with E-state index in [-0.39, 0.29) is 18.4 Å². The Hall–Kier alpha value is -1.07. The number of halogens is 2. The molecule has 102 valence electrons. The summed E-state index contributed by atoms with van der Waals surface area (Å²) in [6.07, 6.45) is 2.08. The summed E-state index contributed by atoms with van der Waals surface area (Å²) in [5.41, 5.74) is 0.366. The zero-order valence-corrected chi connectivity index (χ0v) is 12.6. The number of likely N-dealkylation sites (tertiary alicyclic amines) is 1. The molecule has 2 amide bonds. The van der Waals surface area contributed by atoms with Crippen molar-refractivity contribution in [1.82, 2.24) is 10.2 Å². The molecule has 0 aliphatic carbocycles. The molecule has 0 spiro atoms. The number of carbonyl (C=O) groups excluding carboxylic acids is 2. The van der Waals surface area contributed by atoms with E-state index < -0.39 is 0 Å². The number of rotatable bonds is 3. The Kier molecular flexibility index (Phi) is 4.82. The number of hydrogen-bond donors (Lipinski definition) is 1. The second-order valence-electron chi connectivity index (χ2n) is 4.39. The van der Waals surface area contributed by atoms with Crippen LogP contribution in [0.5, 0.6) is 0 Å². The van der Waals surface area contributed by atoms with E-state index in [9.17, 15) is 9.59 Å². The van der Waals surface area contributed by atoms with Crippen LogP contribution in [0.15, 0.2) is 22.7 Å². The predicted octanol–water partition coefficient (Wildman–Crippen LogP) is 2.45. The van der Waals surface area contributed by atoms with Crippen LogP contribution in [-0.2, 0) is 4.79 Å². The summed E-state index contributed by atoms with van der Waals surface area (Å²) in [5, 5.41) is 2.98. The predicted molar refractivity (Wildman–Crippen MR) is 77.3 cm³/mol. The molecule has 2 rings (SSSR count). The van der Waals surface area contributed by atoms with E-state index in [1.54, 1.807) is 23.1 Å². The molecule has 0 bridgehead atoms. The fraction of sp³-hybridized carbons (Fsp3) is 0.385. The molecular formula is C13H14BrClN2O2. The number of amides is 2. The first-order chi connectivity index (χ1) is 9.08. The van der Waals surface area contributed by atoms with Crippen LogP contribution in [-0.4, -0.2) is 36.3 Å². The van der Waals surface area contributed by atoms with Crippen molar-refractivity contribution in [2.24, 2.45) is 0 Å². The van der Waals surface area contributed by atoms with Crippen LogP contribution in [0.3, 0.4) is 0 Å². The third kappa shape index (κ3) is 3.70. The molecule has 1 heterocycles. The highest BCUT2D eigenvalue weighted by atomic mass is 79.9. The van der Waals surface area contributed by atoms with Crippen molar-refractivity contribution in [3.8, 4) is 0 Å². The number of nitrogens with one attached hydrogen (secondary N) is 1. The van der Waals surface area contributed by atoms with Crippen molar-refractivity contribution in [2.45, 2.75) is 12.8 Å². The van der Waals surface area contributed by atoms with Crippen molar-refractivity contribution in [1.29, 1.82) is 0 Å². The summed E-state index contributed by atoms with van der Waals surface area (Å²) in [6, 6.07) is 5.04. The molecule has 0 saturated carbocycles. The minimum Gasteiger partial charge on any atom is -0.343 e. The van der Waals surface area contributed by atoms with E-state index in [4.69, 9.17) is 11.6 Å². The van der Waals surface area contributed by atoms with Gasteiger partial charge < -0.3 is 10.2 Å². The zero-order valence-electron chi connectivity index (χ0n) is 10.3. The molecule has 1 aromatic rings.